The molecular formula is C18H18N2O2S. The van der Waals surface area contributed by atoms with Crippen LogP contribution in [0.15, 0.2) is 41.8 Å². The van der Waals surface area contributed by atoms with Crippen molar-refractivity contribution in [3.63, 3.8) is 0 Å². The Morgan fingerprint density at radius 3 is 2.83 bits per heavy atom. The van der Waals surface area contributed by atoms with Crippen LogP contribution in [0, 0.1) is 12.3 Å². The second-order valence-corrected chi connectivity index (χ2v) is 5.98. The average molecular weight is 326 g/mol. The number of thiophene rings is 1. The molecule has 0 saturated heterocycles. The highest BCUT2D eigenvalue weighted by Crippen LogP contribution is 2.14. The van der Waals surface area contributed by atoms with Gasteiger partial charge < -0.3 is 10.6 Å². The van der Waals surface area contributed by atoms with Gasteiger partial charge in [0.15, 0.2) is 0 Å². The molecule has 23 heavy (non-hydrogen) atoms. The third-order valence-electron chi connectivity index (χ3n) is 3.17. The van der Waals surface area contributed by atoms with E-state index in [-0.39, 0.29) is 18.4 Å². The molecular weight excluding hydrogens is 308 g/mol. The van der Waals surface area contributed by atoms with Crippen molar-refractivity contribution >= 4 is 28.8 Å². The fourth-order valence-corrected chi connectivity index (χ4v) is 2.82. The zero-order valence-electron chi connectivity index (χ0n) is 12.7. The van der Waals surface area contributed by atoms with Crippen LogP contribution in [-0.2, 0) is 11.2 Å². The Hall–Kier alpha value is -2.58. The highest BCUT2D eigenvalue weighted by Gasteiger charge is 2.07. The van der Waals surface area contributed by atoms with Gasteiger partial charge in [0.2, 0.25) is 5.91 Å². The maximum Gasteiger partial charge on any atom is 0.252 e. The van der Waals surface area contributed by atoms with Gasteiger partial charge in [-0.3, -0.25) is 9.59 Å². The molecule has 0 aliphatic rings. The molecule has 2 aromatic rings. The number of nitrogens with one attached hydrogen (secondary N) is 2. The molecule has 118 valence electrons. The summed E-state index contributed by atoms with van der Waals surface area (Å²) in [4.78, 5) is 25.1. The Labute approximate surface area is 139 Å². The number of carbonyl (C=O) groups is 2. The Kier molecular flexibility index (Phi) is 6.40. The third-order valence-corrected chi connectivity index (χ3v) is 4.10. The monoisotopic (exact) mass is 326 g/mol. The molecule has 0 spiro atoms. The zero-order chi connectivity index (χ0) is 16.5. The Bertz CT molecular complexity index is 702. The molecule has 0 aliphatic heterocycles. The van der Waals surface area contributed by atoms with E-state index in [1.807, 2.05) is 11.4 Å². The van der Waals surface area contributed by atoms with Crippen molar-refractivity contribution in [2.75, 3.05) is 11.9 Å². The van der Waals surface area contributed by atoms with E-state index in [0.717, 1.165) is 12.8 Å². The van der Waals surface area contributed by atoms with Crippen LogP contribution in [0.5, 0.6) is 0 Å². The summed E-state index contributed by atoms with van der Waals surface area (Å²) in [6.07, 6.45) is 7.26. The summed E-state index contributed by atoms with van der Waals surface area (Å²) >= 11 is 1.70. The van der Waals surface area contributed by atoms with Gasteiger partial charge in [0.05, 0.1) is 6.54 Å². The second-order valence-electron chi connectivity index (χ2n) is 4.95. The van der Waals surface area contributed by atoms with E-state index < -0.39 is 0 Å². The molecule has 1 heterocycles. The number of aryl methyl sites for hydroxylation is 1. The first kappa shape index (κ1) is 16.8. The van der Waals surface area contributed by atoms with Crippen LogP contribution in [0.4, 0.5) is 5.69 Å². The summed E-state index contributed by atoms with van der Waals surface area (Å²) in [6.45, 7) is 0.179. The minimum Gasteiger partial charge on any atom is -0.341 e. The second kappa shape index (κ2) is 8.76. The number of amides is 2. The smallest absolute Gasteiger partial charge is 0.252 e. The highest BCUT2D eigenvalue weighted by molar-refractivity contribution is 7.09. The summed E-state index contributed by atoms with van der Waals surface area (Å²) in [5.74, 6) is 2.04. The van der Waals surface area contributed by atoms with Crippen molar-refractivity contribution in [3.8, 4) is 12.3 Å². The minimum absolute atomic E-state index is 0.0530. The zero-order valence-corrected chi connectivity index (χ0v) is 13.5. The lowest BCUT2D eigenvalue weighted by Crippen LogP contribution is -2.23. The predicted molar refractivity (Wildman–Crippen MR) is 93.5 cm³/mol. The molecule has 2 amide bonds. The number of hydrogen-bond acceptors (Lipinski definition) is 3. The Morgan fingerprint density at radius 1 is 1.22 bits per heavy atom. The van der Waals surface area contributed by atoms with Crippen molar-refractivity contribution in [3.05, 3.63) is 52.2 Å². The van der Waals surface area contributed by atoms with Gasteiger partial charge in [0, 0.05) is 22.5 Å². The lowest BCUT2D eigenvalue weighted by atomic mass is 10.1. The first-order valence-corrected chi connectivity index (χ1v) is 8.21. The standard InChI is InChI=1S/C18H18N2O2S/c1-2-11-19-18(22)14-6-3-7-15(13-14)20-17(21)10-4-8-16-9-5-12-23-16/h1,3,5-7,9,12-13H,4,8,10-11H2,(H,19,22)(H,20,21). The third kappa shape index (κ3) is 5.61. The maximum atomic E-state index is 12.0. The van der Waals surface area contributed by atoms with E-state index in [4.69, 9.17) is 6.42 Å². The molecule has 0 atom stereocenters. The molecule has 1 aromatic carbocycles. The Morgan fingerprint density at radius 2 is 2.09 bits per heavy atom. The minimum atomic E-state index is -0.253. The number of carbonyl (C=O) groups excluding carboxylic acids is 2. The Balaban J connectivity index is 1.83. The highest BCUT2D eigenvalue weighted by atomic mass is 32.1. The van der Waals surface area contributed by atoms with Crippen LogP contribution in [0.3, 0.4) is 0 Å². The van der Waals surface area contributed by atoms with Crippen molar-refractivity contribution in [1.29, 1.82) is 0 Å². The first-order valence-electron chi connectivity index (χ1n) is 7.33. The van der Waals surface area contributed by atoms with E-state index >= 15 is 0 Å². The fourth-order valence-electron chi connectivity index (χ4n) is 2.07. The van der Waals surface area contributed by atoms with E-state index in [9.17, 15) is 9.59 Å². The molecule has 0 bridgehead atoms. The van der Waals surface area contributed by atoms with Gasteiger partial charge in [-0.05, 0) is 42.5 Å². The van der Waals surface area contributed by atoms with Crippen molar-refractivity contribution in [1.82, 2.24) is 5.32 Å². The van der Waals surface area contributed by atoms with Gasteiger partial charge in [0.25, 0.3) is 5.91 Å². The molecule has 4 nitrogen and oxygen atoms in total. The summed E-state index contributed by atoms with van der Waals surface area (Å²) in [5, 5.41) is 7.44. The summed E-state index contributed by atoms with van der Waals surface area (Å²) in [5.41, 5.74) is 1.08. The number of rotatable bonds is 7. The summed E-state index contributed by atoms with van der Waals surface area (Å²) in [7, 11) is 0. The van der Waals surface area contributed by atoms with E-state index in [1.165, 1.54) is 4.88 Å². The number of hydrogen-bond donors (Lipinski definition) is 2. The normalized spacial score (nSPS) is 9.87. The molecule has 5 heteroatoms. The summed E-state index contributed by atoms with van der Waals surface area (Å²) < 4.78 is 0. The molecule has 0 radical (unpaired) electrons. The van der Waals surface area contributed by atoms with Gasteiger partial charge >= 0.3 is 0 Å². The molecule has 0 aliphatic carbocycles. The van der Waals surface area contributed by atoms with Gasteiger partial charge in [-0.25, -0.2) is 0 Å². The van der Waals surface area contributed by atoms with Crippen LogP contribution < -0.4 is 10.6 Å². The molecule has 1 aromatic heterocycles. The van der Waals surface area contributed by atoms with Crippen LogP contribution in [0.2, 0.25) is 0 Å². The molecule has 2 rings (SSSR count). The largest absolute Gasteiger partial charge is 0.341 e. The lowest BCUT2D eigenvalue weighted by molar-refractivity contribution is -0.116. The average Bonchev–Trinajstić information content (AvgIpc) is 3.06. The fraction of sp³-hybridized carbons (Fsp3) is 0.222. The van der Waals surface area contributed by atoms with Gasteiger partial charge in [-0.15, -0.1) is 17.8 Å². The number of terminal acetylenes is 1. The van der Waals surface area contributed by atoms with Crippen LogP contribution >= 0.6 is 11.3 Å². The molecule has 0 saturated carbocycles. The van der Waals surface area contributed by atoms with Crippen LogP contribution in [-0.4, -0.2) is 18.4 Å². The number of benzene rings is 1. The van der Waals surface area contributed by atoms with Gasteiger partial charge in [-0.1, -0.05) is 18.1 Å². The van der Waals surface area contributed by atoms with E-state index in [1.54, 1.807) is 35.6 Å². The molecule has 0 unspecified atom stereocenters. The van der Waals surface area contributed by atoms with Gasteiger partial charge in [0.1, 0.15) is 0 Å². The topological polar surface area (TPSA) is 58.2 Å². The van der Waals surface area contributed by atoms with E-state index in [2.05, 4.69) is 22.6 Å². The van der Waals surface area contributed by atoms with Crippen LogP contribution in [0.1, 0.15) is 28.1 Å². The number of anilines is 1. The van der Waals surface area contributed by atoms with E-state index in [0.29, 0.717) is 17.7 Å². The first-order chi connectivity index (χ1) is 11.2. The van der Waals surface area contributed by atoms with Crippen molar-refractivity contribution in [2.24, 2.45) is 0 Å². The van der Waals surface area contributed by atoms with Crippen molar-refractivity contribution < 1.29 is 9.59 Å². The molecule has 2 N–H and O–H groups in total. The van der Waals surface area contributed by atoms with Crippen molar-refractivity contribution in [2.45, 2.75) is 19.3 Å². The maximum absolute atomic E-state index is 12.0. The summed E-state index contributed by atoms with van der Waals surface area (Å²) in [6, 6.07) is 10.9. The quantitative estimate of drug-likeness (QED) is 0.768. The van der Waals surface area contributed by atoms with Crippen LogP contribution in [0.25, 0.3) is 0 Å². The van der Waals surface area contributed by atoms with Gasteiger partial charge in [-0.2, -0.15) is 0 Å². The molecule has 0 fully saturated rings. The predicted octanol–water partition coefficient (Wildman–Crippen LogP) is 3.07. The SMILES string of the molecule is C#CCNC(=O)c1cccc(NC(=O)CCCc2cccs2)c1. The lowest BCUT2D eigenvalue weighted by Gasteiger charge is -2.07.